The van der Waals surface area contributed by atoms with Gasteiger partial charge in [-0.25, -0.2) is 0 Å². The van der Waals surface area contributed by atoms with Gasteiger partial charge in [0.25, 0.3) is 0 Å². The third-order valence-electron chi connectivity index (χ3n) is 1.68. The Balaban J connectivity index is 3.53. The first-order valence-electron chi connectivity index (χ1n) is 4.00. The van der Waals surface area contributed by atoms with Crippen LogP contribution >= 0.6 is 0 Å². The Hall–Kier alpha value is -1.37. The fourth-order valence-electron chi connectivity index (χ4n) is 1.08. The number of allylic oxidation sites excluding steroid dienone is 1. The summed E-state index contributed by atoms with van der Waals surface area (Å²) < 4.78 is 0. The first-order chi connectivity index (χ1) is 5.77. The standard InChI is InChI=1S/C11H13N/c1-4-6-11-10(5-2)8-7-9(3)12-11/h4-8H,1H2,2-3H3/b10-5-,11-6+. The molecule has 1 heterocycles. The Morgan fingerprint density at radius 3 is 2.75 bits per heavy atom. The number of rotatable bonds is 1. The van der Waals surface area contributed by atoms with Gasteiger partial charge in [0.15, 0.2) is 0 Å². The summed E-state index contributed by atoms with van der Waals surface area (Å²) in [6.45, 7) is 7.64. The zero-order valence-corrected chi connectivity index (χ0v) is 7.54. The minimum atomic E-state index is 0.993. The minimum absolute atomic E-state index is 0.993. The molecule has 0 aliphatic carbocycles. The molecular weight excluding hydrogens is 146 g/mol. The maximum absolute atomic E-state index is 4.38. The lowest BCUT2D eigenvalue weighted by atomic mass is 10.3. The van der Waals surface area contributed by atoms with Gasteiger partial charge in [0.05, 0.1) is 5.35 Å². The second-order valence-electron chi connectivity index (χ2n) is 2.62. The zero-order valence-electron chi connectivity index (χ0n) is 7.54. The molecule has 1 aromatic rings. The van der Waals surface area contributed by atoms with Crippen molar-refractivity contribution in [1.82, 2.24) is 4.98 Å². The Kier molecular flexibility index (Phi) is 2.81. The van der Waals surface area contributed by atoms with Crippen molar-refractivity contribution in [3.63, 3.8) is 0 Å². The molecule has 0 amide bonds. The van der Waals surface area contributed by atoms with E-state index in [1.54, 1.807) is 6.08 Å². The topological polar surface area (TPSA) is 12.9 Å². The Morgan fingerprint density at radius 1 is 1.42 bits per heavy atom. The molecule has 1 aromatic heterocycles. The van der Waals surface area contributed by atoms with Crippen molar-refractivity contribution in [3.8, 4) is 0 Å². The summed E-state index contributed by atoms with van der Waals surface area (Å²) in [5.74, 6) is 0. The molecule has 0 N–H and O–H groups in total. The average molecular weight is 159 g/mol. The van der Waals surface area contributed by atoms with E-state index in [4.69, 9.17) is 0 Å². The van der Waals surface area contributed by atoms with Gasteiger partial charge in [0.1, 0.15) is 0 Å². The van der Waals surface area contributed by atoms with Gasteiger partial charge >= 0.3 is 0 Å². The van der Waals surface area contributed by atoms with E-state index in [9.17, 15) is 0 Å². The van der Waals surface area contributed by atoms with Crippen LogP contribution in [-0.2, 0) is 0 Å². The quantitative estimate of drug-likeness (QED) is 0.599. The van der Waals surface area contributed by atoms with Crippen LogP contribution < -0.4 is 10.6 Å². The van der Waals surface area contributed by atoms with Gasteiger partial charge in [-0.3, -0.25) is 4.98 Å². The van der Waals surface area contributed by atoms with Crippen LogP contribution in [0.2, 0.25) is 0 Å². The summed E-state index contributed by atoms with van der Waals surface area (Å²) in [7, 11) is 0. The average Bonchev–Trinajstić information content (AvgIpc) is 2.05. The fraction of sp³-hybridized carbons (Fsp3) is 0.182. The van der Waals surface area contributed by atoms with Crippen molar-refractivity contribution in [2.24, 2.45) is 0 Å². The molecule has 0 fully saturated rings. The molecule has 0 spiro atoms. The van der Waals surface area contributed by atoms with Gasteiger partial charge in [-0.2, -0.15) is 0 Å². The second kappa shape index (κ2) is 3.86. The van der Waals surface area contributed by atoms with Gasteiger partial charge in [-0.05, 0) is 31.2 Å². The normalized spacial score (nSPS) is 13.5. The molecule has 0 saturated heterocycles. The van der Waals surface area contributed by atoms with Gasteiger partial charge in [0, 0.05) is 5.69 Å². The maximum atomic E-state index is 4.38. The molecule has 12 heavy (non-hydrogen) atoms. The summed E-state index contributed by atoms with van der Waals surface area (Å²) in [6, 6.07) is 4.08. The van der Waals surface area contributed by atoms with E-state index >= 15 is 0 Å². The molecule has 0 aliphatic heterocycles. The summed E-state index contributed by atoms with van der Waals surface area (Å²) in [5.41, 5.74) is 1.04. The highest BCUT2D eigenvalue weighted by Gasteiger charge is 1.85. The highest BCUT2D eigenvalue weighted by atomic mass is 14.7. The Morgan fingerprint density at radius 2 is 2.17 bits per heavy atom. The van der Waals surface area contributed by atoms with Gasteiger partial charge in [-0.1, -0.05) is 24.8 Å². The summed E-state index contributed by atoms with van der Waals surface area (Å²) >= 11 is 0. The number of hydrogen-bond acceptors (Lipinski definition) is 1. The largest absolute Gasteiger partial charge is 0.253 e. The molecule has 1 nitrogen and oxygen atoms in total. The third kappa shape index (κ3) is 1.82. The van der Waals surface area contributed by atoms with Crippen molar-refractivity contribution >= 4 is 12.2 Å². The Labute approximate surface area is 72.8 Å². The zero-order chi connectivity index (χ0) is 8.97. The highest BCUT2D eigenvalue weighted by Crippen LogP contribution is 1.80. The first kappa shape index (κ1) is 8.72. The van der Waals surface area contributed by atoms with Crippen LogP contribution in [-0.4, -0.2) is 4.98 Å². The lowest BCUT2D eigenvalue weighted by molar-refractivity contribution is 1.13. The highest BCUT2D eigenvalue weighted by molar-refractivity contribution is 5.35. The predicted molar refractivity (Wildman–Crippen MR) is 53.0 cm³/mol. The van der Waals surface area contributed by atoms with E-state index in [1.165, 1.54) is 0 Å². The monoisotopic (exact) mass is 159 g/mol. The molecular formula is C11H13N. The van der Waals surface area contributed by atoms with Crippen LogP contribution in [0.25, 0.3) is 12.2 Å². The van der Waals surface area contributed by atoms with Crippen LogP contribution in [0.15, 0.2) is 24.8 Å². The molecule has 62 valence electrons. The number of nitrogens with zero attached hydrogens (tertiary/aromatic N) is 1. The molecule has 0 aliphatic rings. The smallest absolute Gasteiger partial charge is 0.0701 e. The van der Waals surface area contributed by atoms with E-state index in [0.717, 1.165) is 16.3 Å². The van der Waals surface area contributed by atoms with Crippen LogP contribution in [0.3, 0.4) is 0 Å². The van der Waals surface area contributed by atoms with E-state index < -0.39 is 0 Å². The molecule has 0 unspecified atom stereocenters. The van der Waals surface area contributed by atoms with Crippen molar-refractivity contribution in [2.45, 2.75) is 13.8 Å². The van der Waals surface area contributed by atoms with Crippen LogP contribution in [0.4, 0.5) is 0 Å². The number of aryl methyl sites for hydroxylation is 1. The summed E-state index contributed by atoms with van der Waals surface area (Å²) in [5, 5.41) is 2.15. The van der Waals surface area contributed by atoms with E-state index in [1.807, 2.05) is 32.1 Å². The van der Waals surface area contributed by atoms with Crippen LogP contribution in [0.5, 0.6) is 0 Å². The van der Waals surface area contributed by atoms with Crippen molar-refractivity contribution in [3.05, 3.63) is 41.0 Å². The lowest BCUT2D eigenvalue weighted by Crippen LogP contribution is -2.27. The van der Waals surface area contributed by atoms with Gasteiger partial charge in [0.2, 0.25) is 0 Å². The molecule has 0 saturated carbocycles. The maximum Gasteiger partial charge on any atom is 0.0701 e. The molecule has 0 atom stereocenters. The van der Waals surface area contributed by atoms with Crippen molar-refractivity contribution in [2.75, 3.05) is 0 Å². The number of aromatic nitrogens is 1. The van der Waals surface area contributed by atoms with Gasteiger partial charge in [-0.15, -0.1) is 0 Å². The van der Waals surface area contributed by atoms with E-state index in [-0.39, 0.29) is 0 Å². The molecule has 0 aromatic carbocycles. The predicted octanol–water partition coefficient (Wildman–Crippen LogP) is 1.16. The van der Waals surface area contributed by atoms with Crippen LogP contribution in [0, 0.1) is 6.92 Å². The minimum Gasteiger partial charge on any atom is -0.253 e. The lowest BCUT2D eigenvalue weighted by Gasteiger charge is -1.91. The summed E-state index contributed by atoms with van der Waals surface area (Å²) in [4.78, 5) is 4.38. The van der Waals surface area contributed by atoms with E-state index in [2.05, 4.69) is 17.6 Å². The first-order valence-corrected chi connectivity index (χ1v) is 4.00. The Bertz CT molecular complexity index is 388. The van der Waals surface area contributed by atoms with E-state index in [0.29, 0.717) is 0 Å². The third-order valence-corrected chi connectivity index (χ3v) is 1.68. The molecule has 0 radical (unpaired) electrons. The fourth-order valence-corrected chi connectivity index (χ4v) is 1.08. The number of hydrogen-bond donors (Lipinski definition) is 0. The SMILES string of the molecule is C=C/C=c1/nc(C)cc/c1=C/C. The van der Waals surface area contributed by atoms with Crippen molar-refractivity contribution < 1.29 is 0 Å². The molecule has 1 heteroatoms. The molecule has 0 bridgehead atoms. The van der Waals surface area contributed by atoms with Crippen molar-refractivity contribution in [1.29, 1.82) is 0 Å². The van der Waals surface area contributed by atoms with Crippen LogP contribution in [0.1, 0.15) is 12.6 Å². The second-order valence-corrected chi connectivity index (χ2v) is 2.62. The van der Waals surface area contributed by atoms with Gasteiger partial charge < -0.3 is 0 Å². The molecule has 1 rings (SSSR count). The summed E-state index contributed by atoms with van der Waals surface area (Å²) in [6.07, 6.45) is 5.72. The number of pyridine rings is 1.